The number of sulfonamides is 1. The summed E-state index contributed by atoms with van der Waals surface area (Å²) in [5.41, 5.74) is 0.0817. The Kier molecular flexibility index (Phi) is 7.13. The van der Waals surface area contributed by atoms with Crippen molar-refractivity contribution in [2.24, 2.45) is 0 Å². The molecule has 8 heteroatoms. The molecule has 0 aliphatic heterocycles. The van der Waals surface area contributed by atoms with Crippen LogP contribution in [0.15, 0.2) is 29.2 Å². The van der Waals surface area contributed by atoms with Gasteiger partial charge in [0.25, 0.3) is 5.91 Å². The SMILES string of the molecule is CC(C)N(C)C(=O)COC(=O)c1cccc(S(=O)(=O)N(C)C(C)C)c1. The number of rotatable bonds is 7. The lowest BCUT2D eigenvalue weighted by Gasteiger charge is -2.21. The highest BCUT2D eigenvalue weighted by Crippen LogP contribution is 2.18. The second-order valence-corrected chi connectivity index (χ2v) is 8.31. The third-order valence-electron chi connectivity index (χ3n) is 3.97. The highest BCUT2D eigenvalue weighted by Gasteiger charge is 2.24. The Hall–Kier alpha value is -1.93. The van der Waals surface area contributed by atoms with Crippen LogP contribution >= 0.6 is 0 Å². The second kappa shape index (κ2) is 8.44. The molecule has 25 heavy (non-hydrogen) atoms. The molecule has 0 radical (unpaired) electrons. The van der Waals surface area contributed by atoms with Gasteiger partial charge in [0.2, 0.25) is 10.0 Å². The number of likely N-dealkylation sites (N-methyl/N-ethyl adjacent to an activating group) is 1. The molecule has 0 atom stereocenters. The van der Waals surface area contributed by atoms with Gasteiger partial charge in [-0.3, -0.25) is 4.79 Å². The number of hydrogen-bond donors (Lipinski definition) is 0. The fraction of sp³-hybridized carbons (Fsp3) is 0.529. The van der Waals surface area contributed by atoms with Gasteiger partial charge in [0.1, 0.15) is 0 Å². The first-order valence-electron chi connectivity index (χ1n) is 7.99. The normalized spacial score (nSPS) is 11.9. The first-order chi connectivity index (χ1) is 11.5. The Balaban J connectivity index is 2.91. The number of benzene rings is 1. The van der Waals surface area contributed by atoms with E-state index in [9.17, 15) is 18.0 Å². The minimum absolute atomic E-state index is 0.00350. The molecule has 1 aromatic rings. The van der Waals surface area contributed by atoms with Crippen LogP contribution in [0.5, 0.6) is 0 Å². The first-order valence-corrected chi connectivity index (χ1v) is 9.43. The number of amides is 1. The van der Waals surface area contributed by atoms with E-state index < -0.39 is 22.6 Å². The Morgan fingerprint density at radius 3 is 2.20 bits per heavy atom. The topological polar surface area (TPSA) is 84.0 Å². The van der Waals surface area contributed by atoms with Crippen LogP contribution in [0.3, 0.4) is 0 Å². The van der Waals surface area contributed by atoms with Crippen LogP contribution in [0.1, 0.15) is 38.1 Å². The fourth-order valence-electron chi connectivity index (χ4n) is 1.83. The number of ether oxygens (including phenoxy) is 1. The van der Waals surface area contributed by atoms with E-state index in [-0.39, 0.29) is 28.4 Å². The molecule has 0 saturated heterocycles. The van der Waals surface area contributed by atoms with Gasteiger partial charge in [0.05, 0.1) is 10.5 Å². The summed E-state index contributed by atoms with van der Waals surface area (Å²) in [6, 6.07) is 5.37. The molecule has 0 spiro atoms. The van der Waals surface area contributed by atoms with E-state index in [1.165, 1.54) is 40.5 Å². The van der Waals surface area contributed by atoms with Crippen molar-refractivity contribution >= 4 is 21.9 Å². The van der Waals surface area contributed by atoms with Crippen molar-refractivity contribution in [1.82, 2.24) is 9.21 Å². The summed E-state index contributed by atoms with van der Waals surface area (Å²) in [6.07, 6.45) is 0. The van der Waals surface area contributed by atoms with E-state index in [2.05, 4.69) is 0 Å². The van der Waals surface area contributed by atoms with Crippen LogP contribution in [0, 0.1) is 0 Å². The van der Waals surface area contributed by atoms with Crippen molar-refractivity contribution in [3.05, 3.63) is 29.8 Å². The molecule has 0 bridgehead atoms. The molecule has 0 N–H and O–H groups in total. The molecular weight excluding hydrogens is 344 g/mol. The molecule has 0 aliphatic rings. The fourth-order valence-corrected chi connectivity index (χ4v) is 3.24. The maximum atomic E-state index is 12.5. The van der Waals surface area contributed by atoms with E-state index in [1.54, 1.807) is 20.9 Å². The Morgan fingerprint density at radius 2 is 1.68 bits per heavy atom. The van der Waals surface area contributed by atoms with E-state index in [4.69, 9.17) is 4.74 Å². The van der Waals surface area contributed by atoms with Crippen LogP contribution in [0.4, 0.5) is 0 Å². The Labute approximate surface area is 149 Å². The van der Waals surface area contributed by atoms with Gasteiger partial charge in [-0.25, -0.2) is 13.2 Å². The van der Waals surface area contributed by atoms with Gasteiger partial charge in [-0.05, 0) is 45.9 Å². The minimum Gasteiger partial charge on any atom is -0.452 e. The van der Waals surface area contributed by atoms with Crippen LogP contribution in [0.25, 0.3) is 0 Å². The lowest BCUT2D eigenvalue weighted by Crippen LogP contribution is -2.36. The number of hydrogen-bond acceptors (Lipinski definition) is 5. The number of carbonyl (C=O) groups excluding carboxylic acids is 2. The zero-order valence-corrected chi connectivity index (χ0v) is 16.3. The summed E-state index contributed by atoms with van der Waals surface area (Å²) in [7, 11) is -0.601. The molecular formula is C17H26N2O5S. The lowest BCUT2D eigenvalue weighted by molar-refractivity contribution is -0.134. The average Bonchev–Trinajstić information content (AvgIpc) is 2.57. The summed E-state index contributed by atoms with van der Waals surface area (Å²) in [5.74, 6) is -1.07. The van der Waals surface area contributed by atoms with Gasteiger partial charge < -0.3 is 9.64 Å². The summed E-state index contributed by atoms with van der Waals surface area (Å²) in [4.78, 5) is 25.4. The molecule has 0 unspecified atom stereocenters. The highest BCUT2D eigenvalue weighted by molar-refractivity contribution is 7.89. The standard InChI is InChI=1S/C17H26N2O5S/c1-12(2)18(5)16(20)11-24-17(21)14-8-7-9-15(10-14)25(22,23)19(6)13(3)4/h7-10,12-13H,11H2,1-6H3. The lowest BCUT2D eigenvalue weighted by atomic mass is 10.2. The van der Waals surface area contributed by atoms with E-state index >= 15 is 0 Å². The van der Waals surface area contributed by atoms with Crippen molar-refractivity contribution in [3.8, 4) is 0 Å². The summed E-state index contributed by atoms with van der Waals surface area (Å²) in [6.45, 7) is 6.81. The predicted octanol–water partition coefficient (Wildman–Crippen LogP) is 1.74. The van der Waals surface area contributed by atoms with Crippen molar-refractivity contribution in [2.75, 3.05) is 20.7 Å². The van der Waals surface area contributed by atoms with Crippen LogP contribution in [-0.4, -0.2) is 62.3 Å². The molecule has 0 fully saturated rings. The summed E-state index contributed by atoms with van der Waals surface area (Å²) in [5, 5.41) is 0. The zero-order valence-electron chi connectivity index (χ0n) is 15.5. The monoisotopic (exact) mass is 370 g/mol. The van der Waals surface area contributed by atoms with Crippen LogP contribution < -0.4 is 0 Å². The maximum absolute atomic E-state index is 12.5. The molecule has 0 heterocycles. The predicted molar refractivity (Wildman–Crippen MR) is 94.7 cm³/mol. The maximum Gasteiger partial charge on any atom is 0.338 e. The molecule has 7 nitrogen and oxygen atoms in total. The minimum atomic E-state index is -3.70. The van der Waals surface area contributed by atoms with Crippen LogP contribution in [0.2, 0.25) is 0 Å². The van der Waals surface area contributed by atoms with Crippen molar-refractivity contribution in [3.63, 3.8) is 0 Å². The quantitative estimate of drug-likeness (QED) is 0.683. The van der Waals surface area contributed by atoms with Gasteiger partial charge in [-0.15, -0.1) is 0 Å². The number of esters is 1. The van der Waals surface area contributed by atoms with Gasteiger partial charge in [0.15, 0.2) is 6.61 Å². The molecule has 1 rings (SSSR count). The van der Waals surface area contributed by atoms with E-state index in [0.29, 0.717) is 0 Å². The third-order valence-corrected chi connectivity index (χ3v) is 6.00. The van der Waals surface area contributed by atoms with Gasteiger partial charge in [-0.1, -0.05) is 6.07 Å². The van der Waals surface area contributed by atoms with E-state index in [0.717, 1.165) is 0 Å². The average molecular weight is 370 g/mol. The largest absolute Gasteiger partial charge is 0.452 e. The zero-order chi connectivity index (χ0) is 19.4. The molecule has 1 aromatic carbocycles. The Morgan fingerprint density at radius 1 is 1.08 bits per heavy atom. The number of nitrogens with zero attached hydrogens (tertiary/aromatic N) is 2. The van der Waals surface area contributed by atoms with Gasteiger partial charge in [0, 0.05) is 26.2 Å². The first kappa shape index (κ1) is 21.1. The Bertz CT molecular complexity index is 728. The molecule has 1 amide bonds. The molecule has 0 aliphatic carbocycles. The summed E-state index contributed by atoms with van der Waals surface area (Å²) < 4.78 is 31.2. The highest BCUT2D eigenvalue weighted by atomic mass is 32.2. The molecule has 140 valence electrons. The van der Waals surface area contributed by atoms with E-state index in [1.807, 2.05) is 13.8 Å². The van der Waals surface area contributed by atoms with Crippen molar-refractivity contribution in [2.45, 2.75) is 44.7 Å². The van der Waals surface area contributed by atoms with Gasteiger partial charge in [-0.2, -0.15) is 4.31 Å². The smallest absolute Gasteiger partial charge is 0.338 e. The number of carbonyl (C=O) groups is 2. The van der Waals surface area contributed by atoms with Crippen molar-refractivity contribution < 1.29 is 22.7 Å². The van der Waals surface area contributed by atoms with Crippen LogP contribution in [-0.2, 0) is 19.6 Å². The molecule has 0 aromatic heterocycles. The van der Waals surface area contributed by atoms with Gasteiger partial charge >= 0.3 is 5.97 Å². The summed E-state index contributed by atoms with van der Waals surface area (Å²) >= 11 is 0. The molecule has 0 saturated carbocycles. The third kappa shape index (κ3) is 5.27. The van der Waals surface area contributed by atoms with Crippen molar-refractivity contribution in [1.29, 1.82) is 0 Å². The second-order valence-electron chi connectivity index (χ2n) is 6.32.